The van der Waals surface area contributed by atoms with Crippen molar-refractivity contribution < 1.29 is 32.5 Å². The van der Waals surface area contributed by atoms with E-state index in [0.717, 1.165) is 28.0 Å². The molecule has 1 unspecified atom stereocenters. The van der Waals surface area contributed by atoms with Crippen molar-refractivity contribution in [3.8, 4) is 0 Å². The zero-order valence-corrected chi connectivity index (χ0v) is 20.6. The molecular weight excluding hydrogens is 579 g/mol. The summed E-state index contributed by atoms with van der Waals surface area (Å²) < 4.78 is 31.2. The van der Waals surface area contributed by atoms with Gasteiger partial charge in [-0.05, 0) is 17.0 Å². The van der Waals surface area contributed by atoms with Gasteiger partial charge in [-0.15, -0.1) is 33.3 Å². The molecule has 0 saturated carbocycles. The van der Waals surface area contributed by atoms with E-state index in [2.05, 4.69) is 15.5 Å². The molecule has 18 heteroatoms. The van der Waals surface area contributed by atoms with Crippen LogP contribution < -0.4 is 5.32 Å². The molecule has 35 heavy (non-hydrogen) atoms. The number of aliphatic carboxylic acids is 1. The number of carboxylic acids is 1. The van der Waals surface area contributed by atoms with Crippen LogP contribution in [0.2, 0.25) is 0 Å². The molecule has 2 aromatic heterocycles. The summed E-state index contributed by atoms with van der Waals surface area (Å²) in [6, 6.07) is 2.88. The van der Waals surface area contributed by atoms with Crippen LogP contribution in [0.5, 0.6) is 0 Å². The molecule has 2 aliphatic rings. The number of fused-ring (bicyclic) bond motifs is 1. The summed E-state index contributed by atoms with van der Waals surface area (Å²) in [6.45, 7) is 0. The Kier molecular flexibility index (Phi) is 11.8. The Hall–Kier alpha value is 0.0200. The quantitative estimate of drug-likeness (QED) is 0.151. The average Bonchev–Trinajstić information content (AvgIpc) is 3.40. The molecule has 1 fully saturated rings. The molecule has 0 aliphatic carbocycles. The van der Waals surface area contributed by atoms with E-state index < -0.39 is 39.2 Å². The summed E-state index contributed by atoms with van der Waals surface area (Å²) in [5, 5.41) is 21.5. The fourth-order valence-corrected chi connectivity index (χ4v) is 8.18. The van der Waals surface area contributed by atoms with Crippen LogP contribution in [-0.4, -0.2) is 133 Å². The van der Waals surface area contributed by atoms with E-state index in [1.54, 1.807) is 0 Å². The Bertz CT molecular complexity index is 1240. The van der Waals surface area contributed by atoms with Crippen LogP contribution in [0.15, 0.2) is 33.1 Å². The predicted octanol–water partition coefficient (Wildman–Crippen LogP) is -0.236. The second kappa shape index (κ2) is 13.2. The van der Waals surface area contributed by atoms with Crippen molar-refractivity contribution in [1.29, 1.82) is 0 Å². The molecule has 1 saturated heterocycles. The third kappa shape index (κ3) is 7.77. The molecule has 3 N–H and O–H groups in total. The number of nitrogens with one attached hydrogen (secondary N) is 1. The van der Waals surface area contributed by atoms with Crippen LogP contribution >= 0.6 is 46.2 Å². The van der Waals surface area contributed by atoms with E-state index in [0.29, 0.717) is 15.7 Å². The van der Waals surface area contributed by atoms with Crippen molar-refractivity contribution in [2.24, 2.45) is 0 Å². The molecule has 2 atom stereocenters. The van der Waals surface area contributed by atoms with E-state index in [-0.39, 0.29) is 87.9 Å². The van der Waals surface area contributed by atoms with Gasteiger partial charge in [-0.3, -0.25) is 19.0 Å². The van der Waals surface area contributed by atoms with Crippen molar-refractivity contribution in [3.05, 3.63) is 38.7 Å². The number of aromatic nitrogens is 2. The molecule has 2 amide bonds. The van der Waals surface area contributed by atoms with Gasteiger partial charge in [0.25, 0.3) is 16.0 Å². The maximum atomic E-state index is 12.7. The maximum absolute atomic E-state index is 12.7. The number of rotatable bonds is 9. The van der Waals surface area contributed by atoms with Gasteiger partial charge in [0, 0.05) is 16.4 Å². The van der Waals surface area contributed by atoms with Crippen LogP contribution in [0.1, 0.15) is 9.88 Å². The number of nitrogens with zero attached hydrogens (tertiary/aromatic N) is 3. The van der Waals surface area contributed by atoms with E-state index in [9.17, 15) is 27.9 Å². The van der Waals surface area contributed by atoms with Gasteiger partial charge in [-0.1, -0.05) is 29.2 Å². The van der Waals surface area contributed by atoms with Gasteiger partial charge in [0.05, 0.1) is 6.42 Å². The molecular formula is C17H18N4Na2O7S5. The van der Waals surface area contributed by atoms with Gasteiger partial charge in [-0.2, -0.15) is 8.42 Å². The van der Waals surface area contributed by atoms with Crippen LogP contribution in [0.25, 0.3) is 0 Å². The third-order valence-electron chi connectivity index (χ3n) is 4.61. The third-order valence-corrected chi connectivity index (χ3v) is 9.79. The molecule has 0 aromatic carbocycles. The molecule has 2 aliphatic heterocycles. The summed E-state index contributed by atoms with van der Waals surface area (Å²) in [6.07, 6.45) is 0.157. The zero-order valence-electron chi connectivity index (χ0n) is 16.5. The fourth-order valence-electron chi connectivity index (χ4n) is 3.25. The Balaban J connectivity index is 0.00000216. The molecule has 0 spiro atoms. The first-order valence-electron chi connectivity index (χ1n) is 9.24. The van der Waals surface area contributed by atoms with Crippen LogP contribution in [0, 0.1) is 0 Å². The fraction of sp³-hybridized carbons (Fsp3) is 0.353. The number of β-lactam (4-membered cyclic amide) rings is 1. The van der Waals surface area contributed by atoms with E-state index in [1.807, 2.05) is 17.5 Å². The normalized spacial score (nSPS) is 19.2. The minimum absolute atomic E-state index is 0. The van der Waals surface area contributed by atoms with Crippen molar-refractivity contribution in [2.45, 2.75) is 27.9 Å². The van der Waals surface area contributed by atoms with Gasteiger partial charge in [-0.25, -0.2) is 4.79 Å². The van der Waals surface area contributed by atoms with Crippen molar-refractivity contribution >= 4 is 133 Å². The summed E-state index contributed by atoms with van der Waals surface area (Å²) >= 11 is 4.95. The van der Waals surface area contributed by atoms with Crippen LogP contribution in [0.3, 0.4) is 0 Å². The predicted molar refractivity (Wildman–Crippen MR) is 138 cm³/mol. The molecule has 0 radical (unpaired) electrons. The second-order valence-corrected chi connectivity index (χ2v) is 12.8. The van der Waals surface area contributed by atoms with Gasteiger partial charge < -0.3 is 10.4 Å². The summed E-state index contributed by atoms with van der Waals surface area (Å²) in [4.78, 5) is 39.0. The Morgan fingerprint density at radius 3 is 2.66 bits per heavy atom. The Labute approximate surface area is 261 Å². The molecule has 4 heterocycles. The average molecular weight is 597 g/mol. The number of carboxylic acid groups (broad SMARTS) is 1. The van der Waals surface area contributed by atoms with E-state index >= 15 is 0 Å². The molecule has 0 bridgehead atoms. The topological polar surface area (TPSA) is 167 Å². The monoisotopic (exact) mass is 596 g/mol. The molecule has 4 rings (SSSR count). The molecule has 2 aromatic rings. The number of carbonyl (C=O) groups is 3. The first kappa shape index (κ1) is 31.2. The number of thioether (sulfide) groups is 2. The second-order valence-electron chi connectivity index (χ2n) is 6.95. The summed E-state index contributed by atoms with van der Waals surface area (Å²) in [5.74, 6) is -2.10. The van der Waals surface area contributed by atoms with Gasteiger partial charge in [0.1, 0.15) is 27.9 Å². The van der Waals surface area contributed by atoms with Gasteiger partial charge in [0.2, 0.25) is 5.91 Å². The number of amides is 2. The number of carbonyl (C=O) groups excluding carboxylic acids is 2. The van der Waals surface area contributed by atoms with Crippen LogP contribution in [0.4, 0.5) is 0 Å². The van der Waals surface area contributed by atoms with Crippen molar-refractivity contribution in [2.75, 3.05) is 11.5 Å². The number of hydrogen-bond donors (Lipinski definition) is 3. The summed E-state index contributed by atoms with van der Waals surface area (Å²) in [7, 11) is -4.23. The molecule has 11 nitrogen and oxygen atoms in total. The summed E-state index contributed by atoms with van der Waals surface area (Å²) in [5.41, 5.74) is 0.402. The van der Waals surface area contributed by atoms with Crippen molar-refractivity contribution in [3.63, 3.8) is 0 Å². The van der Waals surface area contributed by atoms with Gasteiger partial charge in [0.15, 0.2) is 4.34 Å². The Morgan fingerprint density at radius 2 is 2.03 bits per heavy atom. The van der Waals surface area contributed by atoms with Gasteiger partial charge >= 0.3 is 65.1 Å². The van der Waals surface area contributed by atoms with E-state index in [4.69, 9.17) is 4.55 Å². The van der Waals surface area contributed by atoms with Crippen LogP contribution in [-0.2, 0) is 36.7 Å². The first-order valence-corrected chi connectivity index (χ1v) is 14.6. The Morgan fingerprint density at radius 1 is 1.29 bits per heavy atom. The zero-order chi connectivity index (χ0) is 23.8. The van der Waals surface area contributed by atoms with E-state index in [1.165, 1.54) is 28.0 Å². The number of thiophene rings is 1. The SMILES string of the molecule is O=C(Cc1cccs1)NC1C(=O)N2C(C(=O)O)=C(CSc3nnc(CS(=O)(=O)O)s3)CS[C@H]12.[NaH].[NaH]. The first-order chi connectivity index (χ1) is 15.6. The van der Waals surface area contributed by atoms with Crippen molar-refractivity contribution in [1.82, 2.24) is 20.4 Å². The minimum atomic E-state index is -4.23. The standard InChI is InChI=1S/C17H16N4O7S5.2Na.2H/c22-10(4-9-2-1-3-29-9)18-12-14(23)21-13(16(24)25)8(5-30-15(12)21)6-31-17-20-19-11(32-17)7-33(26,27)28;;;;/h1-3,12,15H,4-7H2,(H,18,22)(H,24,25)(H,26,27,28);;;;/t12?,15-;;;;/m1..../s1. The number of hydrogen-bond acceptors (Lipinski definition) is 11. The molecule has 180 valence electrons.